The zero-order chi connectivity index (χ0) is 16.8. The molecule has 0 radical (unpaired) electrons. The summed E-state index contributed by atoms with van der Waals surface area (Å²) >= 11 is 0. The molecule has 1 aliphatic heterocycles. The van der Waals surface area contributed by atoms with Crippen molar-refractivity contribution in [3.8, 4) is 0 Å². The van der Waals surface area contributed by atoms with Crippen molar-refractivity contribution >= 4 is 11.6 Å². The number of morpholine rings is 1. The number of hydrogen-bond donors (Lipinski definition) is 0. The average Bonchev–Trinajstić information content (AvgIpc) is 2.61. The highest BCUT2D eigenvalue weighted by molar-refractivity contribution is 5.91. The average molecular weight is 324 g/mol. The van der Waals surface area contributed by atoms with Gasteiger partial charge in [0, 0.05) is 32.2 Å². The van der Waals surface area contributed by atoms with Crippen LogP contribution in [-0.4, -0.2) is 43.2 Å². The molecule has 0 saturated carbocycles. The molecule has 2 aromatic rings. The molecular formula is C20H24N2O2. The van der Waals surface area contributed by atoms with E-state index < -0.39 is 0 Å². The first-order valence-corrected chi connectivity index (χ1v) is 8.43. The number of benzene rings is 2. The van der Waals surface area contributed by atoms with Gasteiger partial charge in [-0.25, -0.2) is 0 Å². The molecule has 0 aromatic heterocycles. The van der Waals surface area contributed by atoms with Crippen LogP contribution in [0.3, 0.4) is 0 Å². The fourth-order valence-corrected chi connectivity index (χ4v) is 3.10. The second-order valence-corrected chi connectivity index (χ2v) is 6.18. The minimum atomic E-state index is 0.0339. The lowest BCUT2D eigenvalue weighted by molar-refractivity contribution is -0.117. The number of carbonyl (C=O) groups excluding carboxylic acids is 1. The first-order chi connectivity index (χ1) is 11.7. The summed E-state index contributed by atoms with van der Waals surface area (Å²) in [5, 5.41) is 0. The third-order valence-electron chi connectivity index (χ3n) is 4.31. The van der Waals surface area contributed by atoms with Gasteiger partial charge in [0.2, 0.25) is 5.91 Å². The van der Waals surface area contributed by atoms with E-state index in [1.807, 2.05) is 36.4 Å². The van der Waals surface area contributed by atoms with Gasteiger partial charge >= 0.3 is 0 Å². The Morgan fingerprint density at radius 2 is 1.79 bits per heavy atom. The van der Waals surface area contributed by atoms with Gasteiger partial charge in [0.15, 0.2) is 0 Å². The fourth-order valence-electron chi connectivity index (χ4n) is 3.10. The number of hydrogen-bond acceptors (Lipinski definition) is 3. The molecule has 1 aliphatic rings. The second-order valence-electron chi connectivity index (χ2n) is 6.18. The molecule has 1 unspecified atom stereocenters. The molecule has 1 saturated heterocycles. The van der Waals surface area contributed by atoms with Crippen LogP contribution >= 0.6 is 0 Å². The highest BCUT2D eigenvalue weighted by Gasteiger charge is 2.24. The van der Waals surface area contributed by atoms with Crippen LogP contribution in [-0.2, 0) is 16.1 Å². The van der Waals surface area contributed by atoms with Crippen molar-refractivity contribution in [2.75, 3.05) is 31.1 Å². The molecular weight excluding hydrogens is 300 g/mol. The topological polar surface area (TPSA) is 32.8 Å². The number of para-hydroxylation sites is 1. The van der Waals surface area contributed by atoms with Gasteiger partial charge in [-0.05, 0) is 17.7 Å². The molecule has 24 heavy (non-hydrogen) atoms. The van der Waals surface area contributed by atoms with E-state index in [0.29, 0.717) is 13.2 Å². The Morgan fingerprint density at radius 1 is 1.12 bits per heavy atom. The van der Waals surface area contributed by atoms with Crippen molar-refractivity contribution in [1.82, 2.24) is 4.90 Å². The van der Waals surface area contributed by atoms with Gasteiger partial charge in [-0.1, -0.05) is 48.5 Å². The third-order valence-corrected chi connectivity index (χ3v) is 4.31. The normalized spacial score (nSPS) is 18.3. The Morgan fingerprint density at radius 3 is 2.46 bits per heavy atom. The molecule has 1 amide bonds. The van der Waals surface area contributed by atoms with Gasteiger partial charge in [-0.3, -0.25) is 9.69 Å². The molecule has 1 heterocycles. The zero-order valence-electron chi connectivity index (χ0n) is 14.1. The summed E-state index contributed by atoms with van der Waals surface area (Å²) in [5.74, 6) is 0.0463. The maximum Gasteiger partial charge on any atom is 0.223 e. The van der Waals surface area contributed by atoms with Gasteiger partial charge in [0.05, 0.1) is 19.3 Å². The number of ether oxygens (including phenoxy) is 1. The lowest BCUT2D eigenvalue weighted by Crippen LogP contribution is -2.48. The van der Waals surface area contributed by atoms with E-state index >= 15 is 0 Å². The van der Waals surface area contributed by atoms with Crippen LogP contribution in [0, 0.1) is 0 Å². The predicted octanol–water partition coefficient (Wildman–Crippen LogP) is 2.94. The van der Waals surface area contributed by atoms with Crippen LogP contribution in [0.25, 0.3) is 0 Å². The van der Waals surface area contributed by atoms with Gasteiger partial charge in [0.25, 0.3) is 0 Å². The molecule has 0 spiro atoms. The number of nitrogens with zero attached hydrogens (tertiary/aromatic N) is 2. The maximum absolute atomic E-state index is 12.0. The molecule has 1 fully saturated rings. The minimum absolute atomic E-state index is 0.0339. The van der Waals surface area contributed by atoms with Crippen LogP contribution in [0.15, 0.2) is 60.7 Å². The first kappa shape index (κ1) is 16.7. The Labute approximate surface area is 143 Å². The Hall–Kier alpha value is -2.17. The van der Waals surface area contributed by atoms with Gasteiger partial charge in [0.1, 0.15) is 0 Å². The van der Waals surface area contributed by atoms with Crippen molar-refractivity contribution in [2.45, 2.75) is 19.6 Å². The highest BCUT2D eigenvalue weighted by atomic mass is 16.5. The van der Waals surface area contributed by atoms with E-state index in [9.17, 15) is 4.79 Å². The quantitative estimate of drug-likeness (QED) is 0.848. The van der Waals surface area contributed by atoms with Crippen LogP contribution in [0.5, 0.6) is 0 Å². The van der Waals surface area contributed by atoms with Crippen molar-refractivity contribution in [3.63, 3.8) is 0 Å². The molecule has 4 heteroatoms. The summed E-state index contributed by atoms with van der Waals surface area (Å²) < 4.78 is 5.91. The molecule has 4 nitrogen and oxygen atoms in total. The maximum atomic E-state index is 12.0. The largest absolute Gasteiger partial charge is 0.374 e. The summed E-state index contributed by atoms with van der Waals surface area (Å²) in [6.45, 7) is 5.59. The standard InChI is InChI=1S/C20H24N2O2/c1-17(23)22(19-10-6-3-7-11-19)16-20-15-21(12-13-24-20)14-18-8-4-2-5-9-18/h2-11,20H,12-16H2,1H3. The van der Waals surface area contributed by atoms with E-state index in [-0.39, 0.29) is 12.0 Å². The van der Waals surface area contributed by atoms with Gasteiger partial charge in [-0.15, -0.1) is 0 Å². The summed E-state index contributed by atoms with van der Waals surface area (Å²) in [6, 6.07) is 20.3. The monoisotopic (exact) mass is 324 g/mol. The van der Waals surface area contributed by atoms with E-state index in [0.717, 1.165) is 25.3 Å². The Bertz CT molecular complexity index is 645. The molecule has 2 aromatic carbocycles. The SMILES string of the molecule is CC(=O)N(CC1CN(Cc2ccccc2)CCO1)c1ccccc1. The Kier molecular flexibility index (Phi) is 5.62. The third kappa shape index (κ3) is 4.43. The van der Waals surface area contributed by atoms with E-state index in [1.165, 1.54) is 5.56 Å². The molecule has 0 N–H and O–H groups in total. The van der Waals surface area contributed by atoms with Crippen LogP contribution < -0.4 is 4.90 Å². The summed E-state index contributed by atoms with van der Waals surface area (Å²) in [5.41, 5.74) is 2.23. The summed E-state index contributed by atoms with van der Waals surface area (Å²) in [6.07, 6.45) is 0.0339. The lowest BCUT2D eigenvalue weighted by atomic mass is 10.1. The fraction of sp³-hybridized carbons (Fsp3) is 0.350. The summed E-state index contributed by atoms with van der Waals surface area (Å²) in [4.78, 5) is 16.2. The minimum Gasteiger partial charge on any atom is -0.374 e. The molecule has 3 rings (SSSR count). The molecule has 1 atom stereocenters. The van der Waals surface area contributed by atoms with Crippen LogP contribution in [0.4, 0.5) is 5.69 Å². The predicted molar refractivity (Wildman–Crippen MR) is 95.9 cm³/mol. The van der Waals surface area contributed by atoms with Crippen molar-refractivity contribution in [2.24, 2.45) is 0 Å². The number of carbonyl (C=O) groups is 1. The lowest BCUT2D eigenvalue weighted by Gasteiger charge is -2.35. The summed E-state index contributed by atoms with van der Waals surface area (Å²) in [7, 11) is 0. The zero-order valence-corrected chi connectivity index (χ0v) is 14.1. The first-order valence-electron chi connectivity index (χ1n) is 8.43. The van der Waals surface area contributed by atoms with E-state index in [2.05, 4.69) is 29.2 Å². The highest BCUT2D eigenvalue weighted by Crippen LogP contribution is 2.17. The van der Waals surface area contributed by atoms with Crippen molar-refractivity contribution in [3.05, 3.63) is 66.2 Å². The van der Waals surface area contributed by atoms with Crippen LogP contribution in [0.1, 0.15) is 12.5 Å². The number of rotatable bonds is 5. The van der Waals surface area contributed by atoms with Crippen molar-refractivity contribution < 1.29 is 9.53 Å². The number of amides is 1. The number of anilines is 1. The molecule has 0 bridgehead atoms. The Balaban J connectivity index is 1.62. The van der Waals surface area contributed by atoms with Gasteiger partial charge < -0.3 is 9.64 Å². The van der Waals surface area contributed by atoms with E-state index in [4.69, 9.17) is 4.74 Å². The van der Waals surface area contributed by atoms with Gasteiger partial charge in [-0.2, -0.15) is 0 Å². The molecule has 126 valence electrons. The molecule has 0 aliphatic carbocycles. The van der Waals surface area contributed by atoms with E-state index in [1.54, 1.807) is 11.8 Å². The second kappa shape index (κ2) is 8.08. The smallest absolute Gasteiger partial charge is 0.223 e. The van der Waals surface area contributed by atoms with Crippen molar-refractivity contribution in [1.29, 1.82) is 0 Å². The van der Waals surface area contributed by atoms with Crippen LogP contribution in [0.2, 0.25) is 0 Å².